The maximum Gasteiger partial charge on any atom is 0.271 e. The summed E-state index contributed by atoms with van der Waals surface area (Å²) in [6.07, 6.45) is 1.97. The molecule has 28 heavy (non-hydrogen) atoms. The van der Waals surface area contributed by atoms with E-state index in [0.29, 0.717) is 30.8 Å². The number of hydrogen-bond donors (Lipinski definition) is 4. The van der Waals surface area contributed by atoms with Crippen LogP contribution < -0.4 is 10.6 Å². The normalized spacial score (nSPS) is 10.5. The highest BCUT2D eigenvalue weighted by Gasteiger charge is 2.15. The van der Waals surface area contributed by atoms with Gasteiger partial charge in [-0.15, -0.1) is 0 Å². The van der Waals surface area contributed by atoms with Crippen LogP contribution in [0.4, 0.5) is 0 Å². The summed E-state index contributed by atoms with van der Waals surface area (Å²) in [5.41, 5.74) is 2.83. The zero-order valence-corrected chi connectivity index (χ0v) is 15.4. The highest BCUT2D eigenvalue weighted by Crippen LogP contribution is 2.17. The van der Waals surface area contributed by atoms with Crippen LogP contribution in [0.25, 0.3) is 11.3 Å². The fourth-order valence-electron chi connectivity index (χ4n) is 2.70. The monoisotopic (exact) mass is 379 g/mol. The summed E-state index contributed by atoms with van der Waals surface area (Å²) in [4.78, 5) is 28.0. The lowest BCUT2D eigenvalue weighted by Crippen LogP contribution is -2.30. The maximum atomic E-state index is 12.2. The Hall–Kier alpha value is -3.68. The van der Waals surface area contributed by atoms with E-state index in [2.05, 4.69) is 25.8 Å². The van der Waals surface area contributed by atoms with Gasteiger partial charge in [0.2, 0.25) is 5.88 Å². The molecule has 0 fully saturated rings. The predicted octanol–water partition coefficient (Wildman–Crippen LogP) is 2.04. The molecule has 0 aliphatic carbocycles. The Bertz CT molecular complexity index is 949. The van der Waals surface area contributed by atoms with E-state index in [1.54, 1.807) is 19.1 Å². The Morgan fingerprint density at radius 2 is 1.79 bits per heavy atom. The molecule has 3 aromatic rings. The van der Waals surface area contributed by atoms with Crippen molar-refractivity contribution in [3.8, 4) is 17.1 Å². The van der Waals surface area contributed by atoms with Crippen LogP contribution in [-0.2, 0) is 0 Å². The van der Waals surface area contributed by atoms with Crippen LogP contribution in [0.5, 0.6) is 5.88 Å². The highest BCUT2D eigenvalue weighted by molar-refractivity contribution is 5.97. The van der Waals surface area contributed by atoms with E-state index in [9.17, 15) is 14.7 Å². The smallest absolute Gasteiger partial charge is 0.271 e. The molecule has 0 spiro atoms. The molecule has 0 aliphatic rings. The Balaban J connectivity index is 1.44. The molecule has 0 saturated carbocycles. The molecule has 0 saturated heterocycles. The zero-order chi connectivity index (χ0) is 19.9. The lowest BCUT2D eigenvalue weighted by atomic mass is 10.1. The second kappa shape index (κ2) is 8.81. The number of aromatic hydroxyl groups is 1. The molecule has 0 radical (unpaired) electrons. The van der Waals surface area contributed by atoms with Crippen LogP contribution in [0.1, 0.15) is 32.8 Å². The summed E-state index contributed by atoms with van der Waals surface area (Å²) < 4.78 is 0. The minimum Gasteiger partial charge on any atom is -0.493 e. The number of aryl methyl sites for hydroxylation is 1. The standard InChI is InChI=1S/C20H21N5O3/c1-13-8-11-23-20(28)17(13)19(27)22-10-5-9-21-18(26)16-12-15(24-25-16)14-6-3-2-4-7-14/h2-4,6-8,11-12H,5,9-10H2,1H3,(H,21,26)(H,22,27)(H,23,28)(H,24,25). The summed E-state index contributed by atoms with van der Waals surface area (Å²) in [6, 6.07) is 13.0. The van der Waals surface area contributed by atoms with Crippen molar-refractivity contribution < 1.29 is 14.7 Å². The summed E-state index contributed by atoms with van der Waals surface area (Å²) in [5.74, 6) is -0.974. The number of pyridine rings is 1. The van der Waals surface area contributed by atoms with E-state index in [0.717, 1.165) is 11.3 Å². The minimum atomic E-state index is -0.394. The van der Waals surface area contributed by atoms with Crippen LogP contribution in [0.15, 0.2) is 48.7 Å². The van der Waals surface area contributed by atoms with Crippen molar-refractivity contribution in [3.63, 3.8) is 0 Å². The number of rotatable bonds is 7. The molecule has 0 atom stereocenters. The van der Waals surface area contributed by atoms with Crippen molar-refractivity contribution in [3.05, 3.63) is 65.5 Å². The van der Waals surface area contributed by atoms with Crippen molar-refractivity contribution in [2.45, 2.75) is 13.3 Å². The van der Waals surface area contributed by atoms with Gasteiger partial charge in [-0.05, 0) is 36.6 Å². The van der Waals surface area contributed by atoms with E-state index < -0.39 is 5.91 Å². The molecule has 2 aromatic heterocycles. The van der Waals surface area contributed by atoms with Gasteiger partial charge < -0.3 is 15.7 Å². The SMILES string of the molecule is Cc1ccnc(O)c1C(=O)NCCCNC(=O)c1cc(-c2ccccc2)[nH]n1. The predicted molar refractivity (Wildman–Crippen MR) is 104 cm³/mol. The lowest BCUT2D eigenvalue weighted by Gasteiger charge is -2.08. The molecular formula is C20H21N5O3. The van der Waals surface area contributed by atoms with E-state index in [4.69, 9.17) is 0 Å². The fraction of sp³-hybridized carbons (Fsp3) is 0.200. The number of nitrogens with zero attached hydrogens (tertiary/aromatic N) is 2. The number of hydrogen-bond acceptors (Lipinski definition) is 5. The van der Waals surface area contributed by atoms with Gasteiger partial charge in [0.15, 0.2) is 5.69 Å². The molecule has 0 aliphatic heterocycles. The third-order valence-electron chi connectivity index (χ3n) is 4.19. The number of aromatic amines is 1. The summed E-state index contributed by atoms with van der Waals surface area (Å²) in [7, 11) is 0. The van der Waals surface area contributed by atoms with Crippen molar-refractivity contribution in [1.29, 1.82) is 0 Å². The number of carbonyl (C=O) groups is 2. The first-order valence-corrected chi connectivity index (χ1v) is 8.88. The van der Waals surface area contributed by atoms with Gasteiger partial charge in [0.05, 0.1) is 5.69 Å². The van der Waals surface area contributed by atoms with E-state index in [-0.39, 0.29) is 17.4 Å². The topological polar surface area (TPSA) is 120 Å². The van der Waals surface area contributed by atoms with Gasteiger partial charge in [-0.2, -0.15) is 5.10 Å². The molecule has 0 unspecified atom stereocenters. The van der Waals surface area contributed by atoms with E-state index in [1.807, 2.05) is 30.3 Å². The molecule has 0 bridgehead atoms. The van der Waals surface area contributed by atoms with Crippen LogP contribution in [0, 0.1) is 6.92 Å². The number of H-pyrrole nitrogens is 1. The Kier molecular flexibility index (Phi) is 6.01. The van der Waals surface area contributed by atoms with Crippen molar-refractivity contribution in [1.82, 2.24) is 25.8 Å². The molecule has 8 heteroatoms. The van der Waals surface area contributed by atoms with Crippen LogP contribution in [0.2, 0.25) is 0 Å². The van der Waals surface area contributed by atoms with Crippen molar-refractivity contribution in [2.75, 3.05) is 13.1 Å². The Morgan fingerprint density at radius 3 is 2.50 bits per heavy atom. The van der Waals surface area contributed by atoms with Crippen molar-refractivity contribution >= 4 is 11.8 Å². The van der Waals surface area contributed by atoms with E-state index in [1.165, 1.54) is 6.20 Å². The maximum absolute atomic E-state index is 12.2. The van der Waals surface area contributed by atoms with Crippen LogP contribution in [0.3, 0.4) is 0 Å². The largest absolute Gasteiger partial charge is 0.493 e. The van der Waals surface area contributed by atoms with Gasteiger partial charge in [0, 0.05) is 19.3 Å². The number of amides is 2. The summed E-state index contributed by atoms with van der Waals surface area (Å²) in [5, 5.41) is 22.1. The van der Waals surface area contributed by atoms with Crippen LogP contribution in [-0.4, -0.2) is 45.2 Å². The molecule has 2 amide bonds. The number of benzene rings is 1. The zero-order valence-electron chi connectivity index (χ0n) is 15.4. The second-order valence-electron chi connectivity index (χ2n) is 6.22. The molecule has 144 valence electrons. The van der Waals surface area contributed by atoms with Crippen molar-refractivity contribution in [2.24, 2.45) is 0 Å². The third kappa shape index (κ3) is 4.53. The van der Waals surface area contributed by atoms with Gasteiger partial charge in [-0.1, -0.05) is 30.3 Å². The average molecular weight is 379 g/mol. The quantitative estimate of drug-likeness (QED) is 0.468. The average Bonchev–Trinajstić information content (AvgIpc) is 3.18. The third-order valence-corrected chi connectivity index (χ3v) is 4.19. The highest BCUT2D eigenvalue weighted by atomic mass is 16.3. The van der Waals surface area contributed by atoms with Gasteiger partial charge in [0.25, 0.3) is 11.8 Å². The van der Waals surface area contributed by atoms with Gasteiger partial charge >= 0.3 is 0 Å². The molecule has 8 nitrogen and oxygen atoms in total. The number of aromatic nitrogens is 3. The first-order valence-electron chi connectivity index (χ1n) is 8.88. The summed E-state index contributed by atoms with van der Waals surface area (Å²) >= 11 is 0. The fourth-order valence-corrected chi connectivity index (χ4v) is 2.70. The first kappa shape index (κ1) is 19.1. The first-order chi connectivity index (χ1) is 13.6. The van der Waals surface area contributed by atoms with Gasteiger partial charge in [0.1, 0.15) is 5.56 Å². The minimum absolute atomic E-state index is 0.163. The molecule has 2 heterocycles. The Labute approximate surface area is 162 Å². The second-order valence-corrected chi connectivity index (χ2v) is 6.22. The van der Waals surface area contributed by atoms with Gasteiger partial charge in [-0.25, -0.2) is 4.98 Å². The molecule has 3 rings (SSSR count). The Morgan fingerprint density at radius 1 is 1.07 bits per heavy atom. The number of carbonyl (C=O) groups excluding carboxylic acids is 2. The summed E-state index contributed by atoms with van der Waals surface area (Å²) in [6.45, 7) is 2.46. The van der Waals surface area contributed by atoms with Gasteiger partial charge in [-0.3, -0.25) is 14.7 Å². The molecule has 1 aromatic carbocycles. The number of nitrogens with one attached hydrogen (secondary N) is 3. The molecule has 4 N–H and O–H groups in total. The van der Waals surface area contributed by atoms with E-state index >= 15 is 0 Å². The molecular weight excluding hydrogens is 358 g/mol. The lowest BCUT2D eigenvalue weighted by molar-refractivity contribution is 0.0947. The van der Waals surface area contributed by atoms with Crippen LogP contribution >= 0.6 is 0 Å².